The van der Waals surface area contributed by atoms with Crippen LogP contribution < -0.4 is 5.32 Å². The minimum atomic E-state index is -0.0586. The highest BCUT2D eigenvalue weighted by Gasteiger charge is 2.28. The van der Waals surface area contributed by atoms with Crippen LogP contribution in [0.25, 0.3) is 0 Å². The van der Waals surface area contributed by atoms with Crippen LogP contribution >= 0.6 is 0 Å². The van der Waals surface area contributed by atoms with Crippen molar-refractivity contribution in [3.8, 4) is 0 Å². The summed E-state index contributed by atoms with van der Waals surface area (Å²) in [4.78, 5) is 31.9. The van der Waals surface area contributed by atoms with Gasteiger partial charge in [0, 0.05) is 24.0 Å². The molecule has 2 aromatic heterocycles. The number of rotatable bonds is 4. The third kappa shape index (κ3) is 4.04. The Labute approximate surface area is 153 Å². The number of anilines is 2. The molecule has 1 aliphatic rings. The number of likely N-dealkylation sites (tertiary alicyclic amines) is 1. The molecule has 0 radical (unpaired) electrons. The smallest absolute Gasteiger partial charge is 0.246 e. The van der Waals surface area contributed by atoms with Crippen LogP contribution in [0.5, 0.6) is 0 Å². The summed E-state index contributed by atoms with van der Waals surface area (Å²) in [6, 6.07) is 3.74. The lowest BCUT2D eigenvalue weighted by molar-refractivity contribution is -0.129. The lowest BCUT2D eigenvalue weighted by Crippen LogP contribution is -2.38. The molecule has 7 heteroatoms. The van der Waals surface area contributed by atoms with Crippen molar-refractivity contribution >= 4 is 17.7 Å². The van der Waals surface area contributed by atoms with Gasteiger partial charge in [0.2, 0.25) is 11.9 Å². The molecule has 0 spiro atoms. The third-order valence-electron chi connectivity index (χ3n) is 4.38. The van der Waals surface area contributed by atoms with Crippen molar-refractivity contribution in [1.82, 2.24) is 24.8 Å². The van der Waals surface area contributed by atoms with E-state index in [1.807, 2.05) is 37.8 Å². The molecule has 7 nitrogen and oxygen atoms in total. The number of hydrogen-bond acceptors (Lipinski definition) is 6. The highest BCUT2D eigenvalue weighted by Crippen LogP contribution is 2.31. The summed E-state index contributed by atoms with van der Waals surface area (Å²) in [7, 11) is 0. The first-order valence-corrected chi connectivity index (χ1v) is 8.84. The highest BCUT2D eigenvalue weighted by molar-refractivity contribution is 5.87. The molecule has 0 saturated carbocycles. The second-order valence-electron chi connectivity index (χ2n) is 6.57. The number of carbonyl (C=O) groups excluding carboxylic acids is 1. The molecule has 0 bridgehead atoms. The van der Waals surface area contributed by atoms with Crippen molar-refractivity contribution < 1.29 is 4.79 Å². The van der Waals surface area contributed by atoms with Gasteiger partial charge in [-0.2, -0.15) is 0 Å². The van der Waals surface area contributed by atoms with Crippen molar-refractivity contribution in [3.63, 3.8) is 0 Å². The largest absolute Gasteiger partial charge is 0.331 e. The van der Waals surface area contributed by atoms with E-state index in [-0.39, 0.29) is 11.9 Å². The Morgan fingerprint density at radius 2 is 1.88 bits per heavy atom. The number of hydrogen-bond donors (Lipinski definition) is 1. The maximum Gasteiger partial charge on any atom is 0.246 e. The summed E-state index contributed by atoms with van der Waals surface area (Å²) in [5.41, 5.74) is 2.61. The lowest BCUT2D eigenvalue weighted by atomic mass is 9.98. The van der Waals surface area contributed by atoms with Crippen molar-refractivity contribution in [2.75, 3.05) is 11.9 Å². The second kappa shape index (κ2) is 7.59. The van der Waals surface area contributed by atoms with Crippen molar-refractivity contribution in [3.05, 3.63) is 47.7 Å². The summed E-state index contributed by atoms with van der Waals surface area (Å²) < 4.78 is 0. The minimum Gasteiger partial charge on any atom is -0.331 e. The molecule has 1 amide bonds. The topological polar surface area (TPSA) is 83.9 Å². The molecule has 3 rings (SSSR count). The maximum atomic E-state index is 12.2. The number of amides is 1. The van der Waals surface area contributed by atoms with Gasteiger partial charge >= 0.3 is 0 Å². The molecule has 1 saturated heterocycles. The molecule has 1 fully saturated rings. The van der Waals surface area contributed by atoms with E-state index in [9.17, 15) is 4.79 Å². The van der Waals surface area contributed by atoms with Gasteiger partial charge < -0.3 is 10.2 Å². The summed E-state index contributed by atoms with van der Waals surface area (Å²) in [5.74, 6) is 1.73. The molecular weight excluding hydrogens is 328 g/mol. The van der Waals surface area contributed by atoms with E-state index in [4.69, 9.17) is 0 Å². The molecule has 1 aliphatic heterocycles. The molecule has 3 heterocycles. The fraction of sp³-hybridized carbons (Fsp3) is 0.421. The van der Waals surface area contributed by atoms with Gasteiger partial charge in [-0.1, -0.05) is 6.58 Å². The van der Waals surface area contributed by atoms with Crippen LogP contribution in [-0.2, 0) is 4.79 Å². The minimum absolute atomic E-state index is 0.0573. The molecule has 1 atom stereocenters. The van der Waals surface area contributed by atoms with E-state index in [0.717, 1.165) is 42.9 Å². The molecule has 0 unspecified atom stereocenters. The molecule has 0 aliphatic carbocycles. The van der Waals surface area contributed by atoms with Crippen molar-refractivity contribution in [2.45, 2.75) is 46.1 Å². The molecule has 26 heavy (non-hydrogen) atoms. The first-order valence-electron chi connectivity index (χ1n) is 8.84. The molecular formula is C19H24N6O. The predicted octanol–water partition coefficient (Wildman–Crippen LogP) is 3.18. The van der Waals surface area contributed by atoms with Crippen LogP contribution in [0.15, 0.2) is 24.8 Å². The summed E-state index contributed by atoms with van der Waals surface area (Å²) >= 11 is 0. The van der Waals surface area contributed by atoms with Crippen LogP contribution in [0.1, 0.15) is 48.2 Å². The zero-order valence-corrected chi connectivity index (χ0v) is 15.5. The predicted molar refractivity (Wildman–Crippen MR) is 100 cm³/mol. The Morgan fingerprint density at radius 3 is 2.58 bits per heavy atom. The summed E-state index contributed by atoms with van der Waals surface area (Å²) in [5, 5.41) is 3.17. The van der Waals surface area contributed by atoms with E-state index in [0.29, 0.717) is 17.6 Å². The third-order valence-corrected chi connectivity index (χ3v) is 4.38. The van der Waals surface area contributed by atoms with Crippen LogP contribution in [0.4, 0.5) is 11.8 Å². The maximum absolute atomic E-state index is 12.2. The van der Waals surface area contributed by atoms with E-state index < -0.39 is 0 Å². The normalized spacial score (nSPS) is 17.0. The Hall–Kier alpha value is -2.83. The fourth-order valence-electron chi connectivity index (χ4n) is 3.34. The van der Waals surface area contributed by atoms with Gasteiger partial charge in [-0.3, -0.25) is 4.79 Å². The van der Waals surface area contributed by atoms with Crippen LogP contribution in [-0.4, -0.2) is 37.3 Å². The monoisotopic (exact) mass is 352 g/mol. The van der Waals surface area contributed by atoms with Crippen LogP contribution in [0.2, 0.25) is 0 Å². The zero-order chi connectivity index (χ0) is 18.7. The first kappa shape index (κ1) is 18.0. The van der Waals surface area contributed by atoms with Gasteiger partial charge in [0.05, 0.1) is 11.7 Å². The molecule has 136 valence electrons. The number of aromatic nitrogens is 4. The van der Waals surface area contributed by atoms with Crippen LogP contribution in [0, 0.1) is 20.8 Å². The molecule has 0 aromatic carbocycles. The first-order chi connectivity index (χ1) is 12.5. The number of carbonyl (C=O) groups is 1. The molecule has 2 aromatic rings. The Kier molecular flexibility index (Phi) is 5.25. The van der Waals surface area contributed by atoms with Gasteiger partial charge in [-0.25, -0.2) is 19.9 Å². The van der Waals surface area contributed by atoms with Crippen molar-refractivity contribution in [1.29, 1.82) is 0 Å². The Balaban J connectivity index is 1.91. The van der Waals surface area contributed by atoms with Crippen LogP contribution in [0.3, 0.4) is 0 Å². The van der Waals surface area contributed by atoms with E-state index in [2.05, 4.69) is 31.8 Å². The number of aryl methyl sites for hydroxylation is 3. The number of nitrogens with zero attached hydrogens (tertiary/aromatic N) is 5. The average molecular weight is 352 g/mol. The summed E-state index contributed by atoms with van der Waals surface area (Å²) in [6.07, 6.45) is 4.32. The van der Waals surface area contributed by atoms with E-state index in [1.165, 1.54) is 6.08 Å². The van der Waals surface area contributed by atoms with E-state index in [1.54, 1.807) is 0 Å². The Morgan fingerprint density at radius 1 is 1.15 bits per heavy atom. The van der Waals surface area contributed by atoms with Gasteiger partial charge in [-0.05, 0) is 52.2 Å². The van der Waals surface area contributed by atoms with E-state index >= 15 is 0 Å². The van der Waals surface area contributed by atoms with Gasteiger partial charge in [0.25, 0.3) is 0 Å². The standard InChI is InChI=1S/C19H24N6O/c1-5-18(26)25-9-7-6-8-16(25)15-11-17(23-14(4)22-15)24-19-20-12(2)10-13(3)21-19/h5,10-11,16H,1,6-9H2,2-4H3,(H,20,21,22,23,24)/t16-/m1/s1. The summed E-state index contributed by atoms with van der Waals surface area (Å²) in [6.45, 7) is 10.0. The highest BCUT2D eigenvalue weighted by atomic mass is 16.2. The fourth-order valence-corrected chi connectivity index (χ4v) is 3.34. The lowest BCUT2D eigenvalue weighted by Gasteiger charge is -2.34. The second-order valence-corrected chi connectivity index (χ2v) is 6.57. The zero-order valence-electron chi connectivity index (χ0n) is 15.5. The number of piperidine rings is 1. The average Bonchev–Trinajstić information content (AvgIpc) is 2.59. The van der Waals surface area contributed by atoms with Crippen molar-refractivity contribution in [2.24, 2.45) is 0 Å². The van der Waals surface area contributed by atoms with Gasteiger partial charge in [0.15, 0.2) is 0 Å². The molecule has 1 N–H and O–H groups in total. The Bertz CT molecular complexity index is 815. The van der Waals surface area contributed by atoms with Gasteiger partial charge in [-0.15, -0.1) is 0 Å². The quantitative estimate of drug-likeness (QED) is 0.851. The SMILES string of the molecule is C=CC(=O)N1CCCC[C@@H]1c1cc(Nc2nc(C)cc(C)n2)nc(C)n1. The van der Waals surface area contributed by atoms with Gasteiger partial charge in [0.1, 0.15) is 11.6 Å². The number of nitrogens with one attached hydrogen (secondary N) is 1.